The summed E-state index contributed by atoms with van der Waals surface area (Å²) in [5.41, 5.74) is 7.07. The fourth-order valence-corrected chi connectivity index (χ4v) is 4.06. The van der Waals surface area contributed by atoms with Gasteiger partial charge in [-0.25, -0.2) is 4.52 Å². The van der Waals surface area contributed by atoms with Crippen molar-refractivity contribution in [3.05, 3.63) is 83.4 Å². The number of ether oxygens (including phenoxy) is 1. The lowest BCUT2D eigenvalue weighted by Crippen LogP contribution is -2.23. The number of carbonyl (C=O) groups is 1. The molecule has 0 aliphatic heterocycles. The molecule has 5 rings (SSSR count). The maximum Gasteiger partial charge on any atom is 0.220 e. The van der Waals surface area contributed by atoms with Crippen LogP contribution in [0.5, 0.6) is 5.75 Å². The highest BCUT2D eigenvalue weighted by Gasteiger charge is 2.14. The minimum Gasteiger partial charge on any atom is -0.494 e. The molecule has 8 nitrogen and oxygen atoms in total. The quantitative estimate of drug-likeness (QED) is 0.367. The molecule has 0 unspecified atom stereocenters. The van der Waals surface area contributed by atoms with Crippen LogP contribution in [0.3, 0.4) is 0 Å². The Morgan fingerprint density at radius 1 is 1.00 bits per heavy atom. The maximum absolute atomic E-state index is 12.4. The Hall–Kier alpha value is -4.20. The van der Waals surface area contributed by atoms with E-state index in [1.165, 1.54) is 11.1 Å². The van der Waals surface area contributed by atoms with E-state index in [1.807, 2.05) is 58.6 Å². The van der Waals surface area contributed by atoms with Crippen molar-refractivity contribution < 1.29 is 9.53 Å². The lowest BCUT2D eigenvalue weighted by atomic mass is 10.0. The van der Waals surface area contributed by atoms with Gasteiger partial charge in [0.05, 0.1) is 12.3 Å². The van der Waals surface area contributed by atoms with Crippen LogP contribution in [0.25, 0.3) is 22.4 Å². The van der Waals surface area contributed by atoms with Crippen molar-refractivity contribution in [2.45, 2.75) is 40.2 Å². The van der Waals surface area contributed by atoms with Crippen molar-refractivity contribution >= 4 is 17.1 Å². The highest BCUT2D eigenvalue weighted by molar-refractivity contribution is 5.77. The number of hydrogen-bond acceptors (Lipinski definition) is 5. The van der Waals surface area contributed by atoms with Gasteiger partial charge >= 0.3 is 0 Å². The van der Waals surface area contributed by atoms with E-state index in [4.69, 9.17) is 9.84 Å². The molecule has 0 bridgehead atoms. The third kappa shape index (κ3) is 4.73. The molecule has 3 aromatic heterocycles. The predicted octanol–water partition coefficient (Wildman–Crippen LogP) is 4.31. The van der Waals surface area contributed by atoms with E-state index in [-0.39, 0.29) is 5.91 Å². The second kappa shape index (κ2) is 9.58. The molecule has 1 N–H and O–H groups in total. The second-order valence-electron chi connectivity index (χ2n) is 8.62. The van der Waals surface area contributed by atoms with Crippen LogP contribution in [-0.2, 0) is 17.8 Å². The summed E-state index contributed by atoms with van der Waals surface area (Å²) in [4.78, 5) is 12.4. The van der Waals surface area contributed by atoms with Crippen LogP contribution < -0.4 is 10.1 Å². The van der Waals surface area contributed by atoms with Gasteiger partial charge in [0.25, 0.3) is 0 Å². The first-order valence-corrected chi connectivity index (χ1v) is 11.8. The van der Waals surface area contributed by atoms with Crippen LogP contribution in [-0.4, -0.2) is 36.7 Å². The van der Waals surface area contributed by atoms with Gasteiger partial charge in [0.1, 0.15) is 17.1 Å². The van der Waals surface area contributed by atoms with E-state index in [9.17, 15) is 4.79 Å². The molecule has 0 radical (unpaired) electrons. The standard InChI is InChI=1S/C27H28N6O2/c1-4-35-22-9-6-20(7-10-22)17-28-26(34)12-11-25-29-30-27-24-16-23(31-33(24)14-13-32(25)27)21-8-5-18(2)19(3)15-21/h5-10,13-16H,4,11-12,17H2,1-3H3,(H,28,34). The fourth-order valence-electron chi connectivity index (χ4n) is 4.06. The lowest BCUT2D eigenvalue weighted by molar-refractivity contribution is -0.121. The van der Waals surface area contributed by atoms with Crippen molar-refractivity contribution in [2.24, 2.45) is 0 Å². The van der Waals surface area contributed by atoms with Gasteiger partial charge in [0.2, 0.25) is 5.91 Å². The Balaban J connectivity index is 1.26. The molecule has 35 heavy (non-hydrogen) atoms. The van der Waals surface area contributed by atoms with Gasteiger partial charge in [-0.05, 0) is 61.7 Å². The first-order valence-electron chi connectivity index (χ1n) is 11.8. The Morgan fingerprint density at radius 2 is 1.83 bits per heavy atom. The third-order valence-corrected chi connectivity index (χ3v) is 6.19. The summed E-state index contributed by atoms with van der Waals surface area (Å²) in [6.07, 6.45) is 4.61. The largest absolute Gasteiger partial charge is 0.494 e. The first-order chi connectivity index (χ1) is 17.0. The average molecular weight is 469 g/mol. The highest BCUT2D eigenvalue weighted by atomic mass is 16.5. The van der Waals surface area contributed by atoms with E-state index < -0.39 is 0 Å². The zero-order valence-corrected chi connectivity index (χ0v) is 20.2. The zero-order valence-electron chi connectivity index (χ0n) is 20.2. The van der Waals surface area contributed by atoms with Gasteiger partial charge in [-0.2, -0.15) is 5.10 Å². The smallest absolute Gasteiger partial charge is 0.220 e. The number of carbonyl (C=O) groups excluding carboxylic acids is 1. The molecule has 0 aliphatic carbocycles. The summed E-state index contributed by atoms with van der Waals surface area (Å²) in [6.45, 7) is 7.27. The number of aryl methyl sites for hydroxylation is 3. The van der Waals surface area contributed by atoms with E-state index in [0.29, 0.717) is 26.0 Å². The van der Waals surface area contributed by atoms with Crippen molar-refractivity contribution in [3.8, 4) is 17.0 Å². The maximum atomic E-state index is 12.4. The van der Waals surface area contributed by atoms with Gasteiger partial charge in [-0.1, -0.05) is 24.3 Å². The Labute approximate surface area is 203 Å². The van der Waals surface area contributed by atoms with E-state index in [1.54, 1.807) is 0 Å². The number of nitrogens with one attached hydrogen (secondary N) is 1. The first kappa shape index (κ1) is 22.6. The topological polar surface area (TPSA) is 85.8 Å². The molecular formula is C27H28N6O2. The molecule has 0 saturated heterocycles. The Morgan fingerprint density at radius 3 is 2.60 bits per heavy atom. The number of nitrogens with zero attached hydrogens (tertiary/aromatic N) is 5. The summed E-state index contributed by atoms with van der Waals surface area (Å²) >= 11 is 0. The summed E-state index contributed by atoms with van der Waals surface area (Å²) in [6, 6.07) is 16.1. The third-order valence-electron chi connectivity index (χ3n) is 6.19. The zero-order chi connectivity index (χ0) is 24.4. The number of amides is 1. The summed E-state index contributed by atoms with van der Waals surface area (Å²) in [5.74, 6) is 1.54. The molecule has 0 aliphatic rings. The Bertz CT molecular complexity index is 1500. The Kier molecular flexibility index (Phi) is 6.18. The van der Waals surface area contributed by atoms with Crippen molar-refractivity contribution in [1.82, 2.24) is 29.5 Å². The van der Waals surface area contributed by atoms with E-state index >= 15 is 0 Å². The summed E-state index contributed by atoms with van der Waals surface area (Å²) in [5, 5.41) is 16.4. The summed E-state index contributed by atoms with van der Waals surface area (Å²) < 4.78 is 9.21. The van der Waals surface area contributed by atoms with Gasteiger partial charge in [0, 0.05) is 37.3 Å². The van der Waals surface area contributed by atoms with Gasteiger partial charge in [-0.15, -0.1) is 10.2 Å². The van der Waals surface area contributed by atoms with E-state index in [2.05, 4.69) is 47.6 Å². The molecule has 0 fully saturated rings. The molecule has 3 heterocycles. The summed E-state index contributed by atoms with van der Waals surface area (Å²) in [7, 11) is 0. The minimum atomic E-state index is -0.0295. The van der Waals surface area contributed by atoms with Crippen LogP contribution >= 0.6 is 0 Å². The molecule has 8 heteroatoms. The van der Waals surface area contributed by atoms with Crippen molar-refractivity contribution in [2.75, 3.05) is 6.61 Å². The average Bonchev–Trinajstić information content (AvgIpc) is 3.48. The molecule has 1 amide bonds. The van der Waals surface area contributed by atoms with Crippen LogP contribution in [0.1, 0.15) is 35.9 Å². The molecule has 2 aromatic carbocycles. The SMILES string of the molecule is CCOc1ccc(CNC(=O)CCc2nnc3c4cc(-c5ccc(C)c(C)c5)nn4ccn23)cc1. The molecular weight excluding hydrogens is 440 g/mol. The molecule has 0 atom stereocenters. The molecule has 0 spiro atoms. The van der Waals surface area contributed by atoms with Crippen LogP contribution in [0.2, 0.25) is 0 Å². The lowest BCUT2D eigenvalue weighted by Gasteiger charge is -2.07. The van der Waals surface area contributed by atoms with Crippen molar-refractivity contribution in [3.63, 3.8) is 0 Å². The molecule has 5 aromatic rings. The van der Waals surface area contributed by atoms with Crippen LogP contribution in [0.4, 0.5) is 0 Å². The van der Waals surface area contributed by atoms with Gasteiger partial charge < -0.3 is 10.1 Å². The number of fused-ring (bicyclic) bond motifs is 3. The number of benzene rings is 2. The monoisotopic (exact) mass is 468 g/mol. The second-order valence-corrected chi connectivity index (χ2v) is 8.62. The van der Waals surface area contributed by atoms with Gasteiger partial charge in [-0.3, -0.25) is 9.20 Å². The van der Waals surface area contributed by atoms with Crippen molar-refractivity contribution in [1.29, 1.82) is 0 Å². The minimum absolute atomic E-state index is 0.0295. The molecule has 178 valence electrons. The normalized spacial score (nSPS) is 11.3. The van der Waals surface area contributed by atoms with Crippen LogP contribution in [0.15, 0.2) is 60.9 Å². The number of aromatic nitrogens is 5. The molecule has 0 saturated carbocycles. The van der Waals surface area contributed by atoms with Crippen LogP contribution in [0, 0.1) is 13.8 Å². The van der Waals surface area contributed by atoms with Gasteiger partial charge in [0.15, 0.2) is 5.65 Å². The predicted molar refractivity (Wildman–Crippen MR) is 134 cm³/mol. The number of hydrogen-bond donors (Lipinski definition) is 1. The fraction of sp³-hybridized carbons (Fsp3) is 0.259. The van der Waals surface area contributed by atoms with E-state index in [0.717, 1.165) is 39.6 Å². The number of rotatable bonds is 8. The highest BCUT2D eigenvalue weighted by Crippen LogP contribution is 2.24.